The summed E-state index contributed by atoms with van der Waals surface area (Å²) >= 11 is 0. The molecule has 2 fully saturated rings. The molecule has 2 atom stereocenters. The second-order valence-electron chi connectivity index (χ2n) is 11.9. The summed E-state index contributed by atoms with van der Waals surface area (Å²) in [7, 11) is 0. The van der Waals surface area contributed by atoms with E-state index in [9.17, 15) is 27.2 Å². The van der Waals surface area contributed by atoms with E-state index in [4.69, 9.17) is 0 Å². The Kier molecular flexibility index (Phi) is 8.36. The first kappa shape index (κ1) is 30.1. The second kappa shape index (κ2) is 12.2. The molecular weight excluding hydrogens is 576 g/mol. The maximum absolute atomic E-state index is 14.2. The predicted molar refractivity (Wildman–Crippen MR) is 158 cm³/mol. The molecule has 3 aliphatic rings. The van der Waals surface area contributed by atoms with Crippen molar-refractivity contribution in [1.29, 1.82) is 0 Å². The van der Waals surface area contributed by atoms with Gasteiger partial charge < -0.3 is 14.8 Å². The largest absolute Gasteiger partial charge is 0.449 e. The van der Waals surface area contributed by atoms with Crippen LogP contribution < -0.4 is 10.2 Å². The molecule has 2 aromatic carbocycles. The Morgan fingerprint density at radius 2 is 1.68 bits per heavy atom. The lowest BCUT2D eigenvalue weighted by Gasteiger charge is -2.41. The first-order chi connectivity index (χ1) is 21.1. The smallest absolute Gasteiger partial charge is 0.337 e. The van der Waals surface area contributed by atoms with Crippen molar-refractivity contribution in [2.45, 2.75) is 76.3 Å². The molecule has 2 bridgehead atoms. The van der Waals surface area contributed by atoms with Gasteiger partial charge in [0.05, 0.1) is 12.2 Å². The highest BCUT2D eigenvalue weighted by Gasteiger charge is 2.46. The van der Waals surface area contributed by atoms with Crippen molar-refractivity contribution < 1.29 is 27.2 Å². The molecule has 3 amide bonds. The maximum Gasteiger partial charge on any atom is 0.449 e. The molecule has 8 nitrogen and oxygen atoms in total. The normalized spacial score (nSPS) is 21.7. The van der Waals surface area contributed by atoms with Crippen LogP contribution in [0.5, 0.6) is 0 Å². The summed E-state index contributed by atoms with van der Waals surface area (Å²) in [5.74, 6) is -1.40. The number of rotatable bonds is 7. The Bertz CT molecular complexity index is 1480. The number of alkyl halides is 3. The number of para-hydroxylation sites is 1. The third-order valence-electron chi connectivity index (χ3n) is 9.18. The Morgan fingerprint density at radius 3 is 2.32 bits per heavy atom. The number of fused-ring (bicyclic) bond motifs is 3. The number of benzene rings is 2. The van der Waals surface area contributed by atoms with Crippen LogP contribution in [0.25, 0.3) is 0 Å². The molecule has 3 aromatic rings. The van der Waals surface area contributed by atoms with Crippen LogP contribution in [0.15, 0.2) is 54.6 Å². The number of carbonyl (C=O) groups excluding carboxylic acids is 2. The molecule has 0 saturated carbocycles. The van der Waals surface area contributed by atoms with Gasteiger partial charge >= 0.3 is 12.2 Å². The number of hydrogen-bond acceptors (Lipinski definition) is 4. The van der Waals surface area contributed by atoms with E-state index in [-0.39, 0.29) is 42.4 Å². The summed E-state index contributed by atoms with van der Waals surface area (Å²) < 4.78 is 57.4. The number of halogens is 4. The van der Waals surface area contributed by atoms with Crippen LogP contribution in [0, 0.1) is 5.82 Å². The van der Waals surface area contributed by atoms with Crippen LogP contribution in [0.2, 0.25) is 0 Å². The van der Waals surface area contributed by atoms with Gasteiger partial charge in [0.15, 0.2) is 0 Å². The molecule has 2 unspecified atom stereocenters. The zero-order chi connectivity index (χ0) is 31.0. The number of aromatic nitrogens is 2. The molecule has 0 radical (unpaired) electrons. The van der Waals surface area contributed by atoms with Crippen molar-refractivity contribution in [3.63, 3.8) is 0 Å². The van der Waals surface area contributed by atoms with Gasteiger partial charge in [-0.3, -0.25) is 14.6 Å². The number of imidazole rings is 1. The van der Waals surface area contributed by atoms with Crippen LogP contribution in [0.3, 0.4) is 0 Å². The van der Waals surface area contributed by atoms with E-state index in [1.807, 2.05) is 30.3 Å². The Balaban J connectivity index is 1.14. The fourth-order valence-electron chi connectivity index (χ4n) is 7.18. The van der Waals surface area contributed by atoms with Crippen molar-refractivity contribution in [3.05, 3.63) is 77.6 Å². The van der Waals surface area contributed by atoms with Crippen LogP contribution in [0.1, 0.15) is 62.3 Å². The SMILES string of the molecule is CC(=O)N1CCc2c(nc(C(F)(F)F)n2C2CC3CCC(C2)N3CCCN(C(=O)Nc2ccc(F)cc2)c2ccccc2)C1. The highest BCUT2D eigenvalue weighted by molar-refractivity contribution is 6.01. The van der Waals surface area contributed by atoms with Gasteiger partial charge in [0.1, 0.15) is 5.82 Å². The molecule has 2 saturated heterocycles. The standard InChI is InChI=1S/C32H36F4N6O2/c1-21(43)39-17-14-29-28(20-39)38-30(32(34,35)36)42(29)27-18-25-12-13-26(19-27)40(25)15-5-16-41(24-6-3-2-4-7-24)31(44)37-23-10-8-22(33)9-11-23/h2-4,6-11,25-27H,5,12-20H2,1H3,(H,37,44). The molecule has 4 heterocycles. The number of hydrogen-bond donors (Lipinski definition) is 1. The first-order valence-corrected chi connectivity index (χ1v) is 15.2. The highest BCUT2D eigenvalue weighted by Crippen LogP contribution is 2.44. The van der Waals surface area contributed by atoms with E-state index in [2.05, 4.69) is 15.2 Å². The third kappa shape index (κ3) is 6.17. The molecule has 234 valence electrons. The summed E-state index contributed by atoms with van der Waals surface area (Å²) in [5.41, 5.74) is 2.19. The lowest BCUT2D eigenvalue weighted by molar-refractivity contribution is -0.148. The second-order valence-corrected chi connectivity index (χ2v) is 11.9. The fraction of sp³-hybridized carbons (Fsp3) is 0.469. The molecule has 6 rings (SSSR count). The molecule has 12 heteroatoms. The van der Waals surface area contributed by atoms with Gasteiger partial charge in [0.25, 0.3) is 0 Å². The monoisotopic (exact) mass is 612 g/mol. The van der Waals surface area contributed by atoms with E-state index in [0.717, 1.165) is 25.1 Å². The van der Waals surface area contributed by atoms with Crippen LogP contribution in [-0.4, -0.2) is 63.0 Å². The zero-order valence-corrected chi connectivity index (χ0v) is 24.6. The molecular formula is C32H36F4N6O2. The average molecular weight is 613 g/mol. The van der Waals surface area contributed by atoms with E-state index in [0.29, 0.717) is 55.8 Å². The minimum atomic E-state index is -4.58. The number of urea groups is 1. The Morgan fingerprint density at radius 1 is 1.00 bits per heavy atom. The van der Waals surface area contributed by atoms with E-state index >= 15 is 0 Å². The number of carbonyl (C=O) groups is 2. The third-order valence-corrected chi connectivity index (χ3v) is 9.18. The Labute approximate surface area is 253 Å². The number of amides is 3. The van der Waals surface area contributed by atoms with E-state index in [1.54, 1.807) is 9.80 Å². The minimum Gasteiger partial charge on any atom is -0.337 e. The summed E-state index contributed by atoms with van der Waals surface area (Å²) in [5, 5.41) is 2.84. The van der Waals surface area contributed by atoms with Crippen molar-refractivity contribution in [3.8, 4) is 0 Å². The van der Waals surface area contributed by atoms with Gasteiger partial charge in [-0.05, 0) is 68.5 Å². The molecule has 3 aliphatic heterocycles. The molecule has 44 heavy (non-hydrogen) atoms. The van der Waals surface area contributed by atoms with E-state index < -0.39 is 12.0 Å². The van der Waals surface area contributed by atoms with Gasteiger partial charge in [0, 0.05) is 68.2 Å². The average Bonchev–Trinajstić information content (AvgIpc) is 3.50. The molecule has 0 aliphatic carbocycles. The fourth-order valence-corrected chi connectivity index (χ4v) is 7.18. The van der Waals surface area contributed by atoms with Crippen molar-refractivity contribution in [2.24, 2.45) is 0 Å². The number of piperidine rings is 1. The highest BCUT2D eigenvalue weighted by atomic mass is 19.4. The topological polar surface area (TPSA) is 73.7 Å². The van der Waals surface area contributed by atoms with Crippen molar-refractivity contribution >= 4 is 23.3 Å². The lowest BCUT2D eigenvalue weighted by atomic mass is 9.95. The van der Waals surface area contributed by atoms with Gasteiger partial charge in [0.2, 0.25) is 11.7 Å². The summed E-state index contributed by atoms with van der Waals surface area (Å²) in [6, 6.07) is 14.6. The van der Waals surface area contributed by atoms with Gasteiger partial charge in [-0.1, -0.05) is 18.2 Å². The van der Waals surface area contributed by atoms with E-state index in [1.165, 1.54) is 35.8 Å². The van der Waals surface area contributed by atoms with Gasteiger partial charge in [-0.15, -0.1) is 0 Å². The van der Waals surface area contributed by atoms with Crippen molar-refractivity contribution in [1.82, 2.24) is 19.4 Å². The molecule has 1 N–H and O–H groups in total. The first-order valence-electron chi connectivity index (χ1n) is 15.2. The van der Waals surface area contributed by atoms with Gasteiger partial charge in [-0.2, -0.15) is 13.2 Å². The summed E-state index contributed by atoms with van der Waals surface area (Å²) in [6.45, 7) is 3.09. The minimum absolute atomic E-state index is 0.110. The Hall–Kier alpha value is -3.93. The van der Waals surface area contributed by atoms with Crippen LogP contribution in [0.4, 0.5) is 33.7 Å². The van der Waals surface area contributed by atoms with Crippen LogP contribution in [-0.2, 0) is 23.9 Å². The van der Waals surface area contributed by atoms with Gasteiger partial charge in [-0.25, -0.2) is 14.2 Å². The molecule has 1 aromatic heterocycles. The quantitative estimate of drug-likeness (QED) is 0.321. The van der Waals surface area contributed by atoms with Crippen molar-refractivity contribution in [2.75, 3.05) is 29.9 Å². The predicted octanol–water partition coefficient (Wildman–Crippen LogP) is 6.24. The summed E-state index contributed by atoms with van der Waals surface area (Å²) in [4.78, 5) is 34.8. The number of anilines is 2. The number of nitrogens with zero attached hydrogens (tertiary/aromatic N) is 5. The summed E-state index contributed by atoms with van der Waals surface area (Å²) in [6.07, 6.45) is -0.486. The van der Waals surface area contributed by atoms with Crippen LogP contribution >= 0.6 is 0 Å². The number of nitrogens with one attached hydrogen (secondary N) is 1. The zero-order valence-electron chi connectivity index (χ0n) is 24.6. The maximum atomic E-state index is 14.2. The molecule has 0 spiro atoms. The lowest BCUT2D eigenvalue weighted by Crippen LogP contribution is -2.46.